The van der Waals surface area contributed by atoms with Gasteiger partial charge in [-0.3, -0.25) is 0 Å². The molecule has 0 aliphatic carbocycles. The van der Waals surface area contributed by atoms with Gasteiger partial charge >= 0.3 is 0 Å². The summed E-state index contributed by atoms with van der Waals surface area (Å²) in [6.07, 6.45) is 2.14. The maximum Gasteiger partial charge on any atom is 0.175 e. The normalized spacial score (nSPS) is 25.8. The molecule has 0 bridgehead atoms. The van der Waals surface area contributed by atoms with E-state index in [1.165, 1.54) is 6.26 Å². The van der Waals surface area contributed by atoms with Crippen LogP contribution in [0.1, 0.15) is 24.4 Å². The zero-order valence-corrected chi connectivity index (χ0v) is 10.6. The number of piperidine rings is 1. The molecule has 1 aliphatic rings. The summed E-state index contributed by atoms with van der Waals surface area (Å²) in [7, 11) is -3.22. The molecule has 0 saturated carbocycles. The fraction of sp³-hybridized carbons (Fsp3) is 0.500. The Morgan fingerprint density at radius 2 is 2.06 bits per heavy atom. The summed E-state index contributed by atoms with van der Waals surface area (Å²) >= 11 is 0. The van der Waals surface area contributed by atoms with E-state index in [1.54, 1.807) is 12.1 Å². The SMILES string of the molecule is CS(=O)(=O)c1ccccc1C1CC(O)CCN1. The lowest BCUT2D eigenvalue weighted by Crippen LogP contribution is -2.34. The lowest BCUT2D eigenvalue weighted by Gasteiger charge is -2.28. The number of benzene rings is 1. The predicted molar refractivity (Wildman–Crippen MR) is 65.5 cm³/mol. The Morgan fingerprint density at radius 3 is 2.71 bits per heavy atom. The first-order chi connectivity index (χ1) is 7.98. The summed E-state index contributed by atoms with van der Waals surface area (Å²) in [6, 6.07) is 6.90. The molecule has 1 saturated heterocycles. The van der Waals surface area contributed by atoms with E-state index >= 15 is 0 Å². The zero-order valence-electron chi connectivity index (χ0n) is 9.76. The standard InChI is InChI=1S/C12H17NO3S/c1-17(15,16)12-5-3-2-4-10(12)11-8-9(14)6-7-13-11/h2-5,9,11,13-14H,6-8H2,1H3. The van der Waals surface area contributed by atoms with Gasteiger partial charge in [0, 0.05) is 12.3 Å². The van der Waals surface area contributed by atoms with Crippen LogP contribution in [-0.2, 0) is 9.84 Å². The van der Waals surface area contributed by atoms with Gasteiger partial charge in [-0.2, -0.15) is 0 Å². The highest BCUT2D eigenvalue weighted by Gasteiger charge is 2.25. The molecule has 17 heavy (non-hydrogen) atoms. The van der Waals surface area contributed by atoms with Gasteiger partial charge in [-0.25, -0.2) is 8.42 Å². The fourth-order valence-corrected chi connectivity index (χ4v) is 3.20. The van der Waals surface area contributed by atoms with Crippen LogP contribution in [0.15, 0.2) is 29.2 Å². The van der Waals surface area contributed by atoms with Crippen molar-refractivity contribution in [3.8, 4) is 0 Å². The second kappa shape index (κ2) is 4.76. The molecule has 1 aromatic rings. The lowest BCUT2D eigenvalue weighted by molar-refractivity contribution is 0.116. The van der Waals surface area contributed by atoms with E-state index in [9.17, 15) is 13.5 Å². The maximum absolute atomic E-state index is 11.7. The third kappa shape index (κ3) is 2.86. The van der Waals surface area contributed by atoms with Crippen molar-refractivity contribution in [2.75, 3.05) is 12.8 Å². The van der Waals surface area contributed by atoms with Gasteiger partial charge in [0.15, 0.2) is 9.84 Å². The van der Waals surface area contributed by atoms with Crippen molar-refractivity contribution in [2.24, 2.45) is 0 Å². The van der Waals surface area contributed by atoms with E-state index in [0.29, 0.717) is 17.9 Å². The number of aliphatic hydroxyl groups is 1. The first kappa shape index (κ1) is 12.5. The van der Waals surface area contributed by atoms with Crippen LogP contribution in [0.2, 0.25) is 0 Å². The summed E-state index contributed by atoms with van der Waals surface area (Å²) < 4.78 is 23.4. The van der Waals surface area contributed by atoms with Crippen molar-refractivity contribution in [3.63, 3.8) is 0 Å². The molecule has 5 heteroatoms. The maximum atomic E-state index is 11.7. The fourth-order valence-electron chi connectivity index (χ4n) is 2.24. The highest BCUT2D eigenvalue weighted by molar-refractivity contribution is 7.90. The summed E-state index contributed by atoms with van der Waals surface area (Å²) in [4.78, 5) is 0.353. The van der Waals surface area contributed by atoms with Gasteiger partial charge in [-0.15, -0.1) is 0 Å². The van der Waals surface area contributed by atoms with Gasteiger partial charge in [0.2, 0.25) is 0 Å². The van der Waals surface area contributed by atoms with Crippen LogP contribution in [0.4, 0.5) is 0 Å². The van der Waals surface area contributed by atoms with Crippen molar-refractivity contribution in [2.45, 2.75) is 29.9 Å². The quantitative estimate of drug-likeness (QED) is 0.823. The average molecular weight is 255 g/mol. The van der Waals surface area contributed by atoms with Crippen LogP contribution in [0.3, 0.4) is 0 Å². The highest BCUT2D eigenvalue weighted by atomic mass is 32.2. The number of rotatable bonds is 2. The number of hydrogen-bond acceptors (Lipinski definition) is 4. The van der Waals surface area contributed by atoms with E-state index in [0.717, 1.165) is 12.0 Å². The van der Waals surface area contributed by atoms with Crippen molar-refractivity contribution in [3.05, 3.63) is 29.8 Å². The molecular weight excluding hydrogens is 238 g/mol. The van der Waals surface area contributed by atoms with Crippen LogP contribution < -0.4 is 5.32 Å². The van der Waals surface area contributed by atoms with E-state index in [4.69, 9.17) is 0 Å². The van der Waals surface area contributed by atoms with Gasteiger partial charge in [0.05, 0.1) is 11.0 Å². The van der Waals surface area contributed by atoms with E-state index in [-0.39, 0.29) is 12.1 Å². The minimum Gasteiger partial charge on any atom is -0.393 e. The predicted octanol–water partition coefficient (Wildman–Crippen LogP) is 0.876. The van der Waals surface area contributed by atoms with Gasteiger partial charge in [-0.05, 0) is 31.0 Å². The Balaban J connectivity index is 2.38. The molecule has 4 nitrogen and oxygen atoms in total. The van der Waals surface area contributed by atoms with Gasteiger partial charge in [-0.1, -0.05) is 18.2 Å². The van der Waals surface area contributed by atoms with E-state index < -0.39 is 9.84 Å². The minimum absolute atomic E-state index is 0.0790. The summed E-state index contributed by atoms with van der Waals surface area (Å²) in [5, 5.41) is 12.9. The monoisotopic (exact) mass is 255 g/mol. The van der Waals surface area contributed by atoms with Gasteiger partial charge in [0.25, 0.3) is 0 Å². The zero-order chi connectivity index (χ0) is 12.5. The largest absolute Gasteiger partial charge is 0.393 e. The third-order valence-electron chi connectivity index (χ3n) is 3.07. The Labute approximate surface area is 102 Å². The number of nitrogens with one attached hydrogen (secondary N) is 1. The Kier molecular flexibility index (Phi) is 3.51. The molecule has 0 aromatic heterocycles. The van der Waals surface area contributed by atoms with Crippen LogP contribution >= 0.6 is 0 Å². The summed E-state index contributed by atoms with van der Waals surface area (Å²) in [6.45, 7) is 0.712. The first-order valence-corrected chi connectivity index (χ1v) is 7.58. The minimum atomic E-state index is -3.22. The molecule has 0 radical (unpaired) electrons. The van der Waals surface area contributed by atoms with Crippen LogP contribution in [-0.4, -0.2) is 32.4 Å². The number of hydrogen-bond donors (Lipinski definition) is 2. The van der Waals surface area contributed by atoms with Gasteiger partial charge < -0.3 is 10.4 Å². The Morgan fingerprint density at radius 1 is 1.35 bits per heavy atom. The smallest absolute Gasteiger partial charge is 0.175 e. The van der Waals surface area contributed by atoms with Crippen LogP contribution in [0.5, 0.6) is 0 Å². The molecule has 2 N–H and O–H groups in total. The molecule has 2 rings (SSSR count). The first-order valence-electron chi connectivity index (χ1n) is 5.69. The average Bonchev–Trinajstić information content (AvgIpc) is 2.28. The Hall–Kier alpha value is -0.910. The molecule has 2 unspecified atom stereocenters. The van der Waals surface area contributed by atoms with Crippen molar-refractivity contribution < 1.29 is 13.5 Å². The number of sulfone groups is 1. The Bertz CT molecular complexity index is 498. The topological polar surface area (TPSA) is 66.4 Å². The number of aliphatic hydroxyl groups excluding tert-OH is 1. The summed E-state index contributed by atoms with van der Waals surface area (Å²) in [5.41, 5.74) is 0.758. The van der Waals surface area contributed by atoms with E-state index in [2.05, 4.69) is 5.32 Å². The molecular formula is C12H17NO3S. The molecule has 1 fully saturated rings. The summed E-state index contributed by atoms with van der Waals surface area (Å²) in [5.74, 6) is 0. The second-order valence-electron chi connectivity index (χ2n) is 4.49. The molecule has 0 amide bonds. The van der Waals surface area contributed by atoms with Crippen molar-refractivity contribution in [1.29, 1.82) is 0 Å². The molecule has 2 atom stereocenters. The highest BCUT2D eigenvalue weighted by Crippen LogP contribution is 2.28. The van der Waals surface area contributed by atoms with Crippen molar-refractivity contribution >= 4 is 9.84 Å². The van der Waals surface area contributed by atoms with E-state index in [1.807, 2.05) is 12.1 Å². The third-order valence-corrected chi connectivity index (χ3v) is 4.24. The van der Waals surface area contributed by atoms with Crippen molar-refractivity contribution in [1.82, 2.24) is 5.32 Å². The molecule has 1 aliphatic heterocycles. The lowest BCUT2D eigenvalue weighted by atomic mass is 9.95. The molecule has 1 aromatic carbocycles. The van der Waals surface area contributed by atoms with Crippen LogP contribution in [0, 0.1) is 0 Å². The molecule has 0 spiro atoms. The van der Waals surface area contributed by atoms with Gasteiger partial charge in [0.1, 0.15) is 0 Å². The van der Waals surface area contributed by atoms with Crippen LogP contribution in [0.25, 0.3) is 0 Å². The molecule has 94 valence electrons. The second-order valence-corrected chi connectivity index (χ2v) is 6.48. The molecule has 1 heterocycles.